The van der Waals surface area contributed by atoms with E-state index in [0.29, 0.717) is 30.5 Å². The molecule has 5 heteroatoms. The summed E-state index contributed by atoms with van der Waals surface area (Å²) in [5.41, 5.74) is 8.50. The van der Waals surface area contributed by atoms with Gasteiger partial charge in [-0.3, -0.25) is 15.6 Å². The fraction of sp³-hybridized carbons (Fsp3) is 0.588. The van der Waals surface area contributed by atoms with Gasteiger partial charge in [-0.25, -0.2) is 0 Å². The summed E-state index contributed by atoms with van der Waals surface area (Å²) in [6.45, 7) is 7.10. The number of benzene rings is 1. The zero-order valence-electron chi connectivity index (χ0n) is 13.4. The number of amides is 1. The van der Waals surface area contributed by atoms with Crippen molar-refractivity contribution in [2.75, 3.05) is 19.6 Å². The second-order valence-electron chi connectivity index (χ2n) is 6.55. The number of hydrogen-bond donors (Lipinski definition) is 4. The summed E-state index contributed by atoms with van der Waals surface area (Å²) in [4.78, 5) is 12.3. The molecule has 0 bridgehead atoms. The first-order chi connectivity index (χ1) is 10.6. The molecular weight excluding hydrogens is 276 g/mol. The lowest BCUT2D eigenvalue weighted by atomic mass is 9.96. The molecule has 0 saturated carbocycles. The molecule has 1 aromatic carbocycles. The van der Waals surface area contributed by atoms with Crippen LogP contribution in [0.3, 0.4) is 0 Å². The molecular formula is C17H26N4O. The van der Waals surface area contributed by atoms with E-state index < -0.39 is 0 Å². The highest BCUT2D eigenvalue weighted by atomic mass is 16.1. The lowest BCUT2D eigenvalue weighted by molar-refractivity contribution is 0.0945. The molecule has 2 aliphatic rings. The summed E-state index contributed by atoms with van der Waals surface area (Å²) < 4.78 is 0. The van der Waals surface area contributed by atoms with Gasteiger partial charge in [-0.05, 0) is 50.4 Å². The van der Waals surface area contributed by atoms with Crippen LogP contribution in [0.2, 0.25) is 0 Å². The summed E-state index contributed by atoms with van der Waals surface area (Å²) in [6, 6.07) is 8.81. The van der Waals surface area contributed by atoms with Crippen LogP contribution in [-0.4, -0.2) is 37.6 Å². The third-order valence-electron chi connectivity index (χ3n) is 5.03. The molecule has 1 aromatic rings. The average molecular weight is 302 g/mol. The summed E-state index contributed by atoms with van der Waals surface area (Å²) in [6.07, 6.45) is 1.18. The molecule has 5 nitrogen and oxygen atoms in total. The van der Waals surface area contributed by atoms with Crippen molar-refractivity contribution in [2.24, 2.45) is 5.92 Å². The molecule has 0 spiro atoms. The number of hydrazine groups is 1. The van der Waals surface area contributed by atoms with Crippen LogP contribution in [0.4, 0.5) is 0 Å². The Morgan fingerprint density at radius 1 is 1.18 bits per heavy atom. The predicted octanol–water partition coefficient (Wildman–Crippen LogP) is 0.994. The lowest BCUT2D eigenvalue weighted by Crippen LogP contribution is -2.37. The average Bonchev–Trinajstić information content (AvgIpc) is 3.17. The molecule has 120 valence electrons. The first-order valence-corrected chi connectivity index (χ1v) is 8.25. The molecule has 3 atom stereocenters. The molecule has 22 heavy (non-hydrogen) atoms. The Morgan fingerprint density at radius 2 is 1.86 bits per heavy atom. The minimum absolute atomic E-state index is 0.0161. The molecule has 4 N–H and O–H groups in total. The van der Waals surface area contributed by atoms with Crippen molar-refractivity contribution in [3.8, 4) is 0 Å². The van der Waals surface area contributed by atoms with Crippen LogP contribution in [-0.2, 0) is 0 Å². The Labute approximate surface area is 132 Å². The highest BCUT2D eigenvalue weighted by molar-refractivity contribution is 5.94. The van der Waals surface area contributed by atoms with Crippen molar-refractivity contribution < 1.29 is 4.79 Å². The maximum absolute atomic E-state index is 12.3. The Morgan fingerprint density at radius 3 is 2.45 bits per heavy atom. The largest absolute Gasteiger partial charge is 0.352 e. The van der Waals surface area contributed by atoms with E-state index in [1.165, 1.54) is 12.0 Å². The van der Waals surface area contributed by atoms with Crippen LogP contribution in [0.25, 0.3) is 0 Å². The lowest BCUT2D eigenvalue weighted by Gasteiger charge is -2.18. The SMILES string of the molecule is CC1NNC(C)C1CNC(=O)c1ccc(C2CCNC2)cc1. The Balaban J connectivity index is 1.55. The molecule has 2 heterocycles. The molecule has 0 radical (unpaired) electrons. The van der Waals surface area contributed by atoms with Crippen molar-refractivity contribution >= 4 is 5.91 Å². The van der Waals surface area contributed by atoms with E-state index in [-0.39, 0.29) is 5.91 Å². The van der Waals surface area contributed by atoms with Crippen LogP contribution in [0.5, 0.6) is 0 Å². The molecule has 2 fully saturated rings. The second kappa shape index (κ2) is 6.77. The summed E-state index contributed by atoms with van der Waals surface area (Å²) in [5.74, 6) is 1.02. The van der Waals surface area contributed by atoms with Gasteiger partial charge < -0.3 is 10.6 Å². The van der Waals surface area contributed by atoms with Gasteiger partial charge >= 0.3 is 0 Å². The Hall–Kier alpha value is -1.43. The van der Waals surface area contributed by atoms with E-state index in [9.17, 15) is 4.79 Å². The molecule has 2 aliphatic heterocycles. The summed E-state index contributed by atoms with van der Waals surface area (Å²) >= 11 is 0. The number of nitrogens with one attached hydrogen (secondary N) is 4. The maximum atomic E-state index is 12.3. The van der Waals surface area contributed by atoms with Gasteiger partial charge in [0, 0.05) is 36.7 Å². The van der Waals surface area contributed by atoms with Crippen molar-refractivity contribution in [1.82, 2.24) is 21.5 Å². The zero-order chi connectivity index (χ0) is 15.5. The van der Waals surface area contributed by atoms with E-state index in [1.54, 1.807) is 0 Å². The minimum atomic E-state index is 0.0161. The maximum Gasteiger partial charge on any atom is 0.251 e. The zero-order valence-corrected chi connectivity index (χ0v) is 13.4. The quantitative estimate of drug-likeness (QED) is 0.670. The summed E-state index contributed by atoms with van der Waals surface area (Å²) in [7, 11) is 0. The normalized spacial score (nSPS) is 31.4. The molecule has 3 rings (SSSR count). The van der Waals surface area contributed by atoms with Gasteiger partial charge in [-0.15, -0.1) is 0 Å². The van der Waals surface area contributed by atoms with Gasteiger partial charge in [0.05, 0.1) is 0 Å². The van der Waals surface area contributed by atoms with Crippen LogP contribution in [0, 0.1) is 5.92 Å². The third-order valence-corrected chi connectivity index (χ3v) is 5.03. The van der Waals surface area contributed by atoms with E-state index in [4.69, 9.17) is 0 Å². The summed E-state index contributed by atoms with van der Waals surface area (Å²) in [5, 5.41) is 6.44. The van der Waals surface area contributed by atoms with E-state index in [1.807, 2.05) is 12.1 Å². The fourth-order valence-electron chi connectivity index (χ4n) is 3.42. The van der Waals surface area contributed by atoms with Gasteiger partial charge in [-0.1, -0.05) is 12.1 Å². The highest BCUT2D eigenvalue weighted by Crippen LogP contribution is 2.22. The number of rotatable bonds is 4. The predicted molar refractivity (Wildman–Crippen MR) is 87.7 cm³/mol. The second-order valence-corrected chi connectivity index (χ2v) is 6.55. The van der Waals surface area contributed by atoms with Crippen LogP contribution >= 0.6 is 0 Å². The molecule has 2 saturated heterocycles. The minimum Gasteiger partial charge on any atom is -0.352 e. The molecule has 0 aromatic heterocycles. The highest BCUT2D eigenvalue weighted by Gasteiger charge is 2.29. The van der Waals surface area contributed by atoms with Gasteiger partial charge in [0.25, 0.3) is 5.91 Å². The van der Waals surface area contributed by atoms with Crippen molar-refractivity contribution in [3.05, 3.63) is 35.4 Å². The van der Waals surface area contributed by atoms with Crippen molar-refractivity contribution in [2.45, 2.75) is 38.3 Å². The van der Waals surface area contributed by atoms with E-state index in [2.05, 4.69) is 47.5 Å². The van der Waals surface area contributed by atoms with Crippen LogP contribution < -0.4 is 21.5 Å². The number of carbonyl (C=O) groups excluding carboxylic acids is 1. The smallest absolute Gasteiger partial charge is 0.251 e. The van der Waals surface area contributed by atoms with Gasteiger partial charge in [-0.2, -0.15) is 0 Å². The van der Waals surface area contributed by atoms with E-state index in [0.717, 1.165) is 18.7 Å². The first kappa shape index (κ1) is 15.5. The van der Waals surface area contributed by atoms with Gasteiger partial charge in [0.2, 0.25) is 0 Å². The number of hydrogen-bond acceptors (Lipinski definition) is 4. The Kier molecular flexibility index (Phi) is 4.76. The standard InChI is InChI=1S/C17H26N4O/c1-11-16(12(2)21-20-11)10-19-17(22)14-5-3-13(4-6-14)15-7-8-18-9-15/h3-6,11-12,15-16,18,20-21H,7-10H2,1-2H3,(H,19,22). The fourth-order valence-corrected chi connectivity index (χ4v) is 3.42. The number of carbonyl (C=O) groups is 1. The topological polar surface area (TPSA) is 65.2 Å². The van der Waals surface area contributed by atoms with Crippen LogP contribution in [0.1, 0.15) is 42.1 Å². The van der Waals surface area contributed by atoms with Crippen molar-refractivity contribution in [1.29, 1.82) is 0 Å². The molecule has 1 amide bonds. The van der Waals surface area contributed by atoms with Crippen LogP contribution in [0.15, 0.2) is 24.3 Å². The van der Waals surface area contributed by atoms with Gasteiger partial charge in [0.1, 0.15) is 0 Å². The monoisotopic (exact) mass is 302 g/mol. The van der Waals surface area contributed by atoms with Gasteiger partial charge in [0.15, 0.2) is 0 Å². The third kappa shape index (κ3) is 3.32. The first-order valence-electron chi connectivity index (χ1n) is 8.25. The molecule has 3 unspecified atom stereocenters. The van der Waals surface area contributed by atoms with E-state index >= 15 is 0 Å². The molecule has 0 aliphatic carbocycles. The van der Waals surface area contributed by atoms with Crippen molar-refractivity contribution in [3.63, 3.8) is 0 Å². The Bertz CT molecular complexity index is 500.